The van der Waals surface area contributed by atoms with Crippen LogP contribution in [0.4, 0.5) is 5.82 Å². The van der Waals surface area contributed by atoms with Gasteiger partial charge < -0.3 is 11.5 Å². The summed E-state index contributed by atoms with van der Waals surface area (Å²) in [6.07, 6.45) is 1.73. The Balaban J connectivity index is 2.81. The van der Waals surface area contributed by atoms with Crippen LogP contribution in [0.15, 0.2) is 24.4 Å². The molecule has 0 saturated carbocycles. The van der Waals surface area contributed by atoms with Crippen molar-refractivity contribution in [3.63, 3.8) is 0 Å². The SMILES string of the molecule is NC(=O)c1nc2ccccn2c1N. The minimum absolute atomic E-state index is 0.117. The van der Waals surface area contributed by atoms with Crippen molar-refractivity contribution in [1.29, 1.82) is 0 Å². The lowest BCUT2D eigenvalue weighted by atomic mass is 10.4. The average molecular weight is 176 g/mol. The molecule has 2 rings (SSSR count). The van der Waals surface area contributed by atoms with E-state index in [9.17, 15) is 4.79 Å². The number of anilines is 1. The van der Waals surface area contributed by atoms with Gasteiger partial charge in [-0.2, -0.15) is 0 Å². The molecule has 2 aromatic heterocycles. The topological polar surface area (TPSA) is 86.4 Å². The van der Waals surface area contributed by atoms with Crippen molar-refractivity contribution in [2.24, 2.45) is 5.73 Å². The normalized spacial score (nSPS) is 10.5. The van der Waals surface area contributed by atoms with Crippen LogP contribution in [0.3, 0.4) is 0 Å². The fraction of sp³-hybridized carbons (Fsp3) is 0. The molecule has 4 N–H and O–H groups in total. The number of rotatable bonds is 1. The van der Waals surface area contributed by atoms with E-state index in [4.69, 9.17) is 11.5 Å². The maximum atomic E-state index is 10.9. The Labute approximate surface area is 74.0 Å². The number of pyridine rings is 1. The average Bonchev–Trinajstić information content (AvgIpc) is 2.45. The van der Waals surface area contributed by atoms with E-state index in [0.717, 1.165) is 0 Å². The van der Waals surface area contributed by atoms with Gasteiger partial charge >= 0.3 is 0 Å². The van der Waals surface area contributed by atoms with E-state index in [1.54, 1.807) is 22.7 Å². The van der Waals surface area contributed by atoms with Crippen LogP contribution in [0.5, 0.6) is 0 Å². The molecule has 0 aromatic carbocycles. The molecule has 0 spiro atoms. The number of primary amides is 1. The summed E-state index contributed by atoms with van der Waals surface area (Å²) in [6.45, 7) is 0. The first-order valence-electron chi connectivity index (χ1n) is 3.72. The molecule has 0 saturated heterocycles. The fourth-order valence-corrected chi connectivity index (χ4v) is 1.20. The quantitative estimate of drug-likeness (QED) is 0.641. The largest absolute Gasteiger partial charge is 0.383 e. The number of carbonyl (C=O) groups is 1. The maximum Gasteiger partial charge on any atom is 0.271 e. The molecule has 2 aromatic rings. The van der Waals surface area contributed by atoms with Gasteiger partial charge in [0.15, 0.2) is 5.69 Å². The number of hydrogen-bond donors (Lipinski definition) is 2. The molecular formula is C8H8N4O. The van der Waals surface area contributed by atoms with Gasteiger partial charge in [-0.15, -0.1) is 0 Å². The highest BCUT2D eigenvalue weighted by molar-refractivity contribution is 5.96. The molecule has 0 aliphatic rings. The number of carbonyl (C=O) groups excluding carboxylic acids is 1. The van der Waals surface area contributed by atoms with Gasteiger partial charge in [-0.1, -0.05) is 6.07 Å². The zero-order chi connectivity index (χ0) is 9.42. The van der Waals surface area contributed by atoms with Crippen molar-refractivity contribution in [1.82, 2.24) is 9.38 Å². The summed E-state index contributed by atoms with van der Waals surface area (Å²) >= 11 is 0. The van der Waals surface area contributed by atoms with E-state index < -0.39 is 5.91 Å². The Morgan fingerprint density at radius 1 is 1.46 bits per heavy atom. The second-order valence-electron chi connectivity index (χ2n) is 2.64. The lowest BCUT2D eigenvalue weighted by Crippen LogP contribution is -2.13. The molecule has 0 aliphatic carbocycles. The van der Waals surface area contributed by atoms with E-state index in [1.165, 1.54) is 0 Å². The van der Waals surface area contributed by atoms with Crippen molar-refractivity contribution in [3.05, 3.63) is 30.1 Å². The van der Waals surface area contributed by atoms with Crippen molar-refractivity contribution in [3.8, 4) is 0 Å². The van der Waals surface area contributed by atoms with Gasteiger partial charge in [0, 0.05) is 6.20 Å². The highest BCUT2D eigenvalue weighted by Crippen LogP contribution is 2.13. The Hall–Kier alpha value is -2.04. The van der Waals surface area contributed by atoms with Crippen LogP contribution in [-0.2, 0) is 0 Å². The Kier molecular flexibility index (Phi) is 1.45. The third-order valence-electron chi connectivity index (χ3n) is 1.80. The first-order valence-corrected chi connectivity index (χ1v) is 3.72. The smallest absolute Gasteiger partial charge is 0.271 e. The van der Waals surface area contributed by atoms with Gasteiger partial charge in [0.05, 0.1) is 0 Å². The molecule has 0 radical (unpaired) electrons. The van der Waals surface area contributed by atoms with Gasteiger partial charge in [0.25, 0.3) is 5.91 Å². The van der Waals surface area contributed by atoms with E-state index in [1.807, 2.05) is 6.07 Å². The van der Waals surface area contributed by atoms with Crippen LogP contribution in [0, 0.1) is 0 Å². The molecule has 0 bridgehead atoms. The highest BCUT2D eigenvalue weighted by Gasteiger charge is 2.12. The zero-order valence-electron chi connectivity index (χ0n) is 6.77. The van der Waals surface area contributed by atoms with Crippen molar-refractivity contribution in [2.75, 3.05) is 5.73 Å². The van der Waals surface area contributed by atoms with E-state index in [-0.39, 0.29) is 11.5 Å². The van der Waals surface area contributed by atoms with Crippen LogP contribution < -0.4 is 11.5 Å². The molecule has 0 fully saturated rings. The van der Waals surface area contributed by atoms with E-state index in [2.05, 4.69) is 4.98 Å². The zero-order valence-corrected chi connectivity index (χ0v) is 6.77. The minimum Gasteiger partial charge on any atom is -0.383 e. The number of imidazole rings is 1. The number of nitrogens with two attached hydrogens (primary N) is 2. The third-order valence-corrected chi connectivity index (χ3v) is 1.80. The number of nitrogens with zero attached hydrogens (tertiary/aromatic N) is 2. The van der Waals surface area contributed by atoms with Gasteiger partial charge in [-0.05, 0) is 12.1 Å². The van der Waals surface area contributed by atoms with Crippen LogP contribution in [0.1, 0.15) is 10.5 Å². The van der Waals surface area contributed by atoms with Crippen LogP contribution >= 0.6 is 0 Å². The highest BCUT2D eigenvalue weighted by atomic mass is 16.1. The minimum atomic E-state index is -0.610. The van der Waals surface area contributed by atoms with Crippen molar-refractivity contribution in [2.45, 2.75) is 0 Å². The number of aromatic nitrogens is 2. The van der Waals surface area contributed by atoms with Gasteiger partial charge in [0.2, 0.25) is 0 Å². The summed E-state index contributed by atoms with van der Waals surface area (Å²) in [5.41, 5.74) is 11.5. The monoisotopic (exact) mass is 176 g/mol. The number of hydrogen-bond acceptors (Lipinski definition) is 3. The molecule has 0 unspecified atom stereocenters. The summed E-state index contributed by atoms with van der Waals surface area (Å²) in [4.78, 5) is 14.8. The molecule has 66 valence electrons. The number of fused-ring (bicyclic) bond motifs is 1. The molecule has 5 nitrogen and oxygen atoms in total. The standard InChI is InChI=1S/C8H8N4O/c9-7-6(8(10)13)11-5-3-1-2-4-12(5)7/h1-4H,9H2,(H2,10,13). The second-order valence-corrected chi connectivity index (χ2v) is 2.64. The predicted molar refractivity (Wildman–Crippen MR) is 48.1 cm³/mol. The van der Waals surface area contributed by atoms with Crippen LogP contribution in [0.25, 0.3) is 5.65 Å². The van der Waals surface area contributed by atoms with Crippen LogP contribution in [-0.4, -0.2) is 15.3 Å². The van der Waals surface area contributed by atoms with Crippen LogP contribution in [0.2, 0.25) is 0 Å². The molecule has 1 amide bonds. The number of amides is 1. The third kappa shape index (κ3) is 1.01. The summed E-state index contributed by atoms with van der Waals surface area (Å²) in [7, 11) is 0. The lowest BCUT2D eigenvalue weighted by molar-refractivity contribution is 0.0997. The van der Waals surface area contributed by atoms with Crippen molar-refractivity contribution >= 4 is 17.4 Å². The molecule has 5 heteroatoms. The Bertz CT molecular complexity index is 474. The molecule has 13 heavy (non-hydrogen) atoms. The van der Waals surface area contributed by atoms with Crippen molar-refractivity contribution < 1.29 is 4.79 Å². The molecular weight excluding hydrogens is 168 g/mol. The Morgan fingerprint density at radius 3 is 2.85 bits per heavy atom. The maximum absolute atomic E-state index is 10.9. The van der Waals surface area contributed by atoms with Gasteiger partial charge in [-0.25, -0.2) is 4.98 Å². The van der Waals surface area contributed by atoms with E-state index in [0.29, 0.717) is 5.65 Å². The predicted octanol–water partition coefficient (Wildman–Crippen LogP) is 0.0154. The number of nitrogen functional groups attached to an aromatic ring is 1. The Morgan fingerprint density at radius 2 is 2.23 bits per heavy atom. The second kappa shape index (κ2) is 2.48. The molecule has 2 heterocycles. The summed E-state index contributed by atoms with van der Waals surface area (Å²) in [6, 6.07) is 5.37. The summed E-state index contributed by atoms with van der Waals surface area (Å²) in [5.74, 6) is -0.329. The van der Waals surface area contributed by atoms with Gasteiger partial charge in [-0.3, -0.25) is 9.20 Å². The summed E-state index contributed by atoms with van der Waals surface area (Å²) < 4.78 is 1.61. The first-order chi connectivity index (χ1) is 6.20. The summed E-state index contributed by atoms with van der Waals surface area (Å²) in [5, 5.41) is 0. The molecule has 0 aliphatic heterocycles. The van der Waals surface area contributed by atoms with Gasteiger partial charge in [0.1, 0.15) is 11.5 Å². The fourth-order valence-electron chi connectivity index (χ4n) is 1.20. The molecule has 0 atom stereocenters. The first kappa shape index (κ1) is 7.60. The van der Waals surface area contributed by atoms with E-state index >= 15 is 0 Å². The lowest BCUT2D eigenvalue weighted by Gasteiger charge is -1.93.